The van der Waals surface area contributed by atoms with Crippen LogP contribution >= 0.6 is 0 Å². The minimum atomic E-state index is -4.76. The minimum absolute atomic E-state index is 0.109. The maximum atomic E-state index is 14.6. The number of likely N-dealkylation sites (N-methyl/N-ethyl adjacent to an activating group) is 1. The number of likely N-dealkylation sites (tertiary alicyclic amines) is 1. The van der Waals surface area contributed by atoms with E-state index in [9.17, 15) is 46.7 Å². The second kappa shape index (κ2) is 17.4. The number of rotatable bonds is 14. The van der Waals surface area contributed by atoms with Gasteiger partial charge in [-0.2, -0.15) is 13.2 Å². The van der Waals surface area contributed by atoms with E-state index in [1.807, 2.05) is 38.1 Å². The summed E-state index contributed by atoms with van der Waals surface area (Å²) in [5, 5.41) is 9.68. The van der Waals surface area contributed by atoms with E-state index in [2.05, 4.69) is 21.3 Å². The molecule has 6 unspecified atom stereocenters. The van der Waals surface area contributed by atoms with Crippen molar-refractivity contribution < 1.29 is 51.5 Å². The fourth-order valence-electron chi connectivity index (χ4n) is 8.28. The molecule has 2 aromatic rings. The first-order valence-electron chi connectivity index (χ1n) is 19.6. The highest BCUT2D eigenvalue weighted by Gasteiger charge is 2.70. The van der Waals surface area contributed by atoms with E-state index in [1.54, 1.807) is 51.1 Å². The zero-order valence-electron chi connectivity index (χ0n) is 34.3. The molecule has 2 fully saturated rings. The summed E-state index contributed by atoms with van der Waals surface area (Å²) in [6.07, 6.45) is -7.23. The molecule has 320 valence electrons. The molecule has 2 aliphatic carbocycles. The fourth-order valence-corrected chi connectivity index (χ4v) is 8.28. The van der Waals surface area contributed by atoms with E-state index >= 15 is 0 Å². The van der Waals surface area contributed by atoms with Crippen molar-refractivity contribution in [3.05, 3.63) is 71.3 Å². The third-order valence-corrected chi connectivity index (χ3v) is 11.4. The first-order chi connectivity index (χ1) is 27.5. The summed E-state index contributed by atoms with van der Waals surface area (Å²) >= 11 is 0. The van der Waals surface area contributed by atoms with E-state index < -0.39 is 114 Å². The number of alkyl halides is 3. The molecule has 5 rings (SSSR count). The van der Waals surface area contributed by atoms with Gasteiger partial charge in [-0.1, -0.05) is 68.4 Å². The SMILES string of the molecule is CN(C)C(=O)C(NC(=O)CNC(=O)C(=O)C(CCC(F)(F)F)NC(=O)C1C2C(CN1C(=O)C(NC(=O)OC(C)(C)C)C1Cc3ccccc3C1)C2(C)C)c1ccccc1. The van der Waals surface area contributed by atoms with Crippen molar-refractivity contribution in [2.24, 2.45) is 23.2 Å². The van der Waals surface area contributed by atoms with Gasteiger partial charge in [0.2, 0.25) is 29.4 Å². The number of benzene rings is 2. The van der Waals surface area contributed by atoms with Crippen LogP contribution in [-0.2, 0) is 46.3 Å². The fraction of sp³-hybridized carbons (Fsp3) is 0.548. The Kier molecular flexibility index (Phi) is 13.2. The van der Waals surface area contributed by atoms with Crippen molar-refractivity contribution in [2.75, 3.05) is 27.2 Å². The number of hydrogen-bond acceptors (Lipinski definition) is 8. The molecule has 59 heavy (non-hydrogen) atoms. The largest absolute Gasteiger partial charge is 0.444 e. The Morgan fingerprint density at radius 3 is 2.03 bits per heavy atom. The number of nitrogens with zero attached hydrogens (tertiary/aromatic N) is 2. The molecule has 6 amide bonds. The third kappa shape index (κ3) is 10.8. The monoisotopic (exact) mass is 826 g/mol. The zero-order valence-corrected chi connectivity index (χ0v) is 34.3. The molecular weight excluding hydrogens is 773 g/mol. The average molecular weight is 827 g/mol. The van der Waals surface area contributed by atoms with Crippen molar-refractivity contribution in [3.8, 4) is 0 Å². The number of hydrogen-bond donors (Lipinski definition) is 4. The van der Waals surface area contributed by atoms with Crippen LogP contribution in [0.2, 0.25) is 0 Å². The van der Waals surface area contributed by atoms with Gasteiger partial charge < -0.3 is 35.8 Å². The van der Waals surface area contributed by atoms with Crippen molar-refractivity contribution in [1.29, 1.82) is 0 Å². The first-order valence-corrected chi connectivity index (χ1v) is 19.6. The van der Waals surface area contributed by atoms with Crippen LogP contribution in [0, 0.1) is 23.2 Å². The Hall–Kier alpha value is -5.48. The molecule has 1 aliphatic heterocycles. The maximum Gasteiger partial charge on any atom is 0.408 e. The lowest BCUT2D eigenvalue weighted by Gasteiger charge is -2.35. The number of Topliss-reactive ketones (excluding diaryl/α,β-unsaturated/α-hetero) is 1. The van der Waals surface area contributed by atoms with Gasteiger partial charge in [0.1, 0.15) is 23.7 Å². The Balaban J connectivity index is 1.33. The van der Waals surface area contributed by atoms with E-state index in [-0.39, 0.29) is 12.5 Å². The number of alkyl carbamates (subject to hydrolysis) is 1. The topological polar surface area (TPSA) is 183 Å². The number of carbonyl (C=O) groups is 7. The molecule has 1 saturated heterocycles. The number of ketones is 1. The Morgan fingerprint density at radius 1 is 0.881 bits per heavy atom. The predicted octanol–water partition coefficient (Wildman–Crippen LogP) is 3.24. The number of ether oxygens (including phenoxy) is 1. The Morgan fingerprint density at radius 2 is 1.47 bits per heavy atom. The second-order valence-electron chi connectivity index (χ2n) is 17.4. The van der Waals surface area contributed by atoms with Crippen molar-refractivity contribution in [3.63, 3.8) is 0 Å². The molecule has 0 bridgehead atoms. The molecule has 17 heteroatoms. The van der Waals surface area contributed by atoms with Crippen molar-refractivity contribution in [2.45, 2.75) is 96.2 Å². The molecule has 0 spiro atoms. The number of piperidine rings is 1. The van der Waals surface area contributed by atoms with Crippen LogP contribution in [0.15, 0.2) is 54.6 Å². The second-order valence-corrected chi connectivity index (χ2v) is 17.4. The maximum absolute atomic E-state index is 14.6. The van der Waals surface area contributed by atoms with Gasteiger partial charge in [0.25, 0.3) is 5.91 Å². The molecule has 0 radical (unpaired) electrons. The summed E-state index contributed by atoms with van der Waals surface area (Å²) < 4.78 is 46.1. The molecule has 2 aromatic carbocycles. The lowest BCUT2D eigenvalue weighted by Crippen LogP contribution is -2.60. The lowest BCUT2D eigenvalue weighted by molar-refractivity contribution is -0.148. The molecule has 6 atom stereocenters. The molecule has 4 N–H and O–H groups in total. The number of amides is 6. The number of fused-ring (bicyclic) bond motifs is 2. The van der Waals surface area contributed by atoms with Crippen LogP contribution in [0.3, 0.4) is 0 Å². The van der Waals surface area contributed by atoms with Crippen molar-refractivity contribution in [1.82, 2.24) is 31.1 Å². The molecule has 0 aromatic heterocycles. The Labute approximate surface area is 341 Å². The summed E-state index contributed by atoms with van der Waals surface area (Å²) in [7, 11) is 2.97. The van der Waals surface area contributed by atoms with Gasteiger partial charge in [-0.05, 0) is 79.9 Å². The van der Waals surface area contributed by atoms with Gasteiger partial charge in [0, 0.05) is 27.1 Å². The molecule has 3 aliphatic rings. The third-order valence-electron chi connectivity index (χ3n) is 11.4. The molecule has 1 saturated carbocycles. The highest BCUT2D eigenvalue weighted by atomic mass is 19.4. The van der Waals surface area contributed by atoms with Crippen LogP contribution in [0.5, 0.6) is 0 Å². The van der Waals surface area contributed by atoms with E-state index in [1.165, 1.54) is 23.9 Å². The predicted molar refractivity (Wildman–Crippen MR) is 208 cm³/mol. The first kappa shape index (κ1) is 44.6. The van der Waals surface area contributed by atoms with Gasteiger partial charge in [-0.3, -0.25) is 28.8 Å². The van der Waals surface area contributed by atoms with Gasteiger partial charge >= 0.3 is 12.3 Å². The number of nitrogens with one attached hydrogen (secondary N) is 4. The normalized spacial score (nSPS) is 20.8. The van der Waals surface area contributed by atoms with Crippen molar-refractivity contribution >= 4 is 41.4 Å². The van der Waals surface area contributed by atoms with Gasteiger partial charge in [0.15, 0.2) is 0 Å². The number of halogens is 3. The quantitative estimate of drug-likeness (QED) is 0.210. The Bertz CT molecular complexity index is 1920. The molecular formula is C42H53F3N6O8. The smallest absolute Gasteiger partial charge is 0.408 e. The van der Waals surface area contributed by atoms with Crippen LogP contribution in [0.1, 0.15) is 70.2 Å². The molecule has 1 heterocycles. The summed E-state index contributed by atoms with van der Waals surface area (Å²) in [4.78, 5) is 96.9. The van der Waals surface area contributed by atoms with Gasteiger partial charge in [-0.15, -0.1) is 0 Å². The van der Waals surface area contributed by atoms with E-state index in [0.717, 1.165) is 11.1 Å². The van der Waals surface area contributed by atoms with E-state index in [0.29, 0.717) is 18.4 Å². The van der Waals surface area contributed by atoms with Gasteiger partial charge in [0.05, 0.1) is 12.6 Å². The molecule has 14 nitrogen and oxygen atoms in total. The van der Waals surface area contributed by atoms with Crippen LogP contribution in [0.25, 0.3) is 0 Å². The lowest BCUT2D eigenvalue weighted by atomic mass is 9.93. The standard InChI is InChI=1S/C42H53F3N6O8/c1-40(2,3)59-39(58)49-32(26-19-24-15-11-12-16-25(24)20-26)38(57)51-22-27-30(41(27,4)5)33(51)35(54)47-28(17-18-42(43,44)45)34(53)36(55)46-21-29(52)48-31(37(56)50(6)7)23-13-9-8-10-14-23/h8-16,26-28,30-33H,17-22H2,1-7H3,(H,46,55)(H,47,54)(H,48,52)(H,49,58). The van der Waals surface area contributed by atoms with Crippen LogP contribution in [-0.4, -0.2) is 108 Å². The van der Waals surface area contributed by atoms with E-state index in [4.69, 9.17) is 4.74 Å². The summed E-state index contributed by atoms with van der Waals surface area (Å²) in [6, 6.07) is 10.4. The minimum Gasteiger partial charge on any atom is -0.444 e. The van der Waals surface area contributed by atoms with Gasteiger partial charge in [-0.25, -0.2) is 4.79 Å². The van der Waals surface area contributed by atoms with Crippen LogP contribution in [0.4, 0.5) is 18.0 Å². The van der Waals surface area contributed by atoms with Crippen LogP contribution < -0.4 is 21.3 Å². The zero-order chi connectivity index (χ0) is 43.6. The highest BCUT2D eigenvalue weighted by molar-refractivity contribution is 6.38. The average Bonchev–Trinajstić information content (AvgIpc) is 3.51. The summed E-state index contributed by atoms with van der Waals surface area (Å²) in [6.45, 7) is 8.11. The highest BCUT2D eigenvalue weighted by Crippen LogP contribution is 2.65. The summed E-state index contributed by atoms with van der Waals surface area (Å²) in [5.41, 5.74) is 1.11. The summed E-state index contributed by atoms with van der Waals surface area (Å²) in [5.74, 6) is -6.75. The number of carbonyl (C=O) groups excluding carboxylic acids is 7.